The van der Waals surface area contributed by atoms with Crippen LogP contribution in [0.25, 0.3) is 0 Å². The number of nitrogens with one attached hydrogen (secondary N) is 1. The van der Waals surface area contributed by atoms with Crippen LogP contribution in [0.1, 0.15) is 45.2 Å². The molecule has 0 saturated carbocycles. The summed E-state index contributed by atoms with van der Waals surface area (Å²) < 4.78 is 16.7. The van der Waals surface area contributed by atoms with Gasteiger partial charge >= 0.3 is 0 Å². The van der Waals surface area contributed by atoms with Gasteiger partial charge in [0.1, 0.15) is 0 Å². The summed E-state index contributed by atoms with van der Waals surface area (Å²) in [6, 6.07) is 6.49. The van der Waals surface area contributed by atoms with Crippen LogP contribution < -0.4 is 14.8 Å². The maximum absolute atomic E-state index is 5.69. The maximum Gasteiger partial charge on any atom is 0.161 e. The highest BCUT2D eigenvalue weighted by Gasteiger charge is 2.13. The normalized spacial score (nSPS) is 12.2. The molecule has 1 unspecified atom stereocenters. The molecule has 0 saturated heterocycles. The van der Waals surface area contributed by atoms with Crippen LogP contribution in [0.4, 0.5) is 0 Å². The lowest BCUT2D eigenvalue weighted by Gasteiger charge is -2.19. The molecule has 0 aliphatic carbocycles. The molecule has 1 aromatic carbocycles. The number of benzene rings is 1. The fourth-order valence-electron chi connectivity index (χ4n) is 2.30. The van der Waals surface area contributed by atoms with E-state index >= 15 is 0 Å². The molecular formula is C17H29NO3. The Bertz CT molecular complexity index is 396. The van der Waals surface area contributed by atoms with Gasteiger partial charge in [0.05, 0.1) is 13.2 Å². The van der Waals surface area contributed by atoms with Gasteiger partial charge < -0.3 is 19.5 Å². The van der Waals surface area contributed by atoms with Crippen LogP contribution >= 0.6 is 0 Å². The number of hydrogen-bond donors (Lipinski definition) is 1. The molecule has 0 fully saturated rings. The van der Waals surface area contributed by atoms with Crippen molar-refractivity contribution in [1.82, 2.24) is 5.32 Å². The molecule has 21 heavy (non-hydrogen) atoms. The van der Waals surface area contributed by atoms with Crippen LogP contribution in [-0.4, -0.2) is 33.5 Å². The van der Waals surface area contributed by atoms with E-state index in [1.54, 1.807) is 0 Å². The first-order valence-electron chi connectivity index (χ1n) is 7.91. The van der Waals surface area contributed by atoms with Gasteiger partial charge in [-0.05, 0) is 58.4 Å². The fraction of sp³-hybridized carbons (Fsp3) is 0.647. The third kappa shape index (κ3) is 5.94. The van der Waals surface area contributed by atoms with E-state index in [0.717, 1.165) is 37.6 Å². The lowest BCUT2D eigenvalue weighted by atomic mass is 10.0. The highest BCUT2D eigenvalue weighted by Crippen LogP contribution is 2.31. The van der Waals surface area contributed by atoms with Crippen molar-refractivity contribution >= 4 is 0 Å². The van der Waals surface area contributed by atoms with Gasteiger partial charge in [0, 0.05) is 19.3 Å². The van der Waals surface area contributed by atoms with Crippen molar-refractivity contribution in [2.45, 2.75) is 39.7 Å². The van der Waals surface area contributed by atoms with Gasteiger partial charge in [-0.25, -0.2) is 0 Å². The minimum Gasteiger partial charge on any atom is -0.490 e. The summed E-state index contributed by atoms with van der Waals surface area (Å²) in [6.45, 7) is 8.86. The van der Waals surface area contributed by atoms with E-state index in [2.05, 4.69) is 17.4 Å². The third-order valence-corrected chi connectivity index (χ3v) is 3.30. The van der Waals surface area contributed by atoms with Gasteiger partial charge in [-0.2, -0.15) is 0 Å². The molecule has 1 atom stereocenters. The van der Waals surface area contributed by atoms with Gasteiger partial charge in [0.2, 0.25) is 0 Å². The molecule has 0 aliphatic rings. The molecule has 120 valence electrons. The molecule has 1 aromatic rings. The largest absolute Gasteiger partial charge is 0.490 e. The smallest absolute Gasteiger partial charge is 0.161 e. The summed E-state index contributed by atoms with van der Waals surface area (Å²) >= 11 is 0. The Morgan fingerprint density at radius 2 is 1.71 bits per heavy atom. The van der Waals surface area contributed by atoms with Crippen LogP contribution in [-0.2, 0) is 4.74 Å². The Kier molecular flexibility index (Phi) is 8.87. The molecule has 4 heteroatoms. The van der Waals surface area contributed by atoms with E-state index in [0.29, 0.717) is 19.3 Å². The van der Waals surface area contributed by atoms with Gasteiger partial charge in [0.15, 0.2) is 11.5 Å². The average molecular weight is 295 g/mol. The van der Waals surface area contributed by atoms with E-state index in [1.807, 2.05) is 33.9 Å². The monoisotopic (exact) mass is 295 g/mol. The van der Waals surface area contributed by atoms with Crippen molar-refractivity contribution in [2.75, 3.05) is 33.5 Å². The number of hydrogen-bond acceptors (Lipinski definition) is 4. The van der Waals surface area contributed by atoms with Crippen molar-refractivity contribution in [3.05, 3.63) is 23.8 Å². The minimum absolute atomic E-state index is 0.306. The highest BCUT2D eigenvalue weighted by molar-refractivity contribution is 5.44. The molecule has 0 aliphatic heterocycles. The minimum atomic E-state index is 0.306. The molecule has 0 spiro atoms. The van der Waals surface area contributed by atoms with E-state index in [1.165, 1.54) is 5.56 Å². The highest BCUT2D eigenvalue weighted by atomic mass is 16.5. The second kappa shape index (κ2) is 10.5. The van der Waals surface area contributed by atoms with Crippen molar-refractivity contribution in [3.8, 4) is 11.5 Å². The van der Waals surface area contributed by atoms with Crippen LogP contribution in [0.15, 0.2) is 18.2 Å². The van der Waals surface area contributed by atoms with Crippen LogP contribution in [0.2, 0.25) is 0 Å². The third-order valence-electron chi connectivity index (χ3n) is 3.30. The number of ether oxygens (including phenoxy) is 3. The Balaban J connectivity index is 2.76. The van der Waals surface area contributed by atoms with Crippen LogP contribution in [0, 0.1) is 0 Å². The Hall–Kier alpha value is -1.26. The van der Waals surface area contributed by atoms with E-state index in [-0.39, 0.29) is 0 Å². The lowest BCUT2D eigenvalue weighted by Crippen LogP contribution is -2.17. The topological polar surface area (TPSA) is 39.7 Å². The average Bonchev–Trinajstić information content (AvgIpc) is 2.50. The van der Waals surface area contributed by atoms with Gasteiger partial charge in [0.25, 0.3) is 0 Å². The predicted octanol–water partition coefficient (Wildman–Crippen LogP) is 3.56. The fourth-order valence-corrected chi connectivity index (χ4v) is 2.30. The standard InChI is InChI=1S/C17H29NO3/c1-5-19-12-8-9-15(18-4)14-10-11-16(20-6-2)17(13-14)21-7-3/h10-11,13,15,18H,5-9,12H2,1-4H3. The Morgan fingerprint density at radius 1 is 1.00 bits per heavy atom. The Labute approximate surface area is 128 Å². The lowest BCUT2D eigenvalue weighted by molar-refractivity contribution is 0.141. The molecule has 0 radical (unpaired) electrons. The summed E-state index contributed by atoms with van der Waals surface area (Å²) in [5.74, 6) is 1.63. The zero-order valence-corrected chi connectivity index (χ0v) is 13.8. The van der Waals surface area contributed by atoms with Gasteiger partial charge in [-0.1, -0.05) is 6.07 Å². The summed E-state index contributed by atoms with van der Waals surface area (Å²) in [5, 5.41) is 3.36. The molecule has 4 nitrogen and oxygen atoms in total. The van der Waals surface area contributed by atoms with Crippen molar-refractivity contribution in [1.29, 1.82) is 0 Å². The summed E-state index contributed by atoms with van der Waals surface area (Å²) in [5.41, 5.74) is 1.22. The Morgan fingerprint density at radius 3 is 2.33 bits per heavy atom. The van der Waals surface area contributed by atoms with Crippen molar-refractivity contribution < 1.29 is 14.2 Å². The zero-order valence-electron chi connectivity index (χ0n) is 13.8. The molecule has 1 rings (SSSR count). The van der Waals surface area contributed by atoms with E-state index in [9.17, 15) is 0 Å². The van der Waals surface area contributed by atoms with Crippen molar-refractivity contribution in [3.63, 3.8) is 0 Å². The van der Waals surface area contributed by atoms with Gasteiger partial charge in [-0.3, -0.25) is 0 Å². The van der Waals surface area contributed by atoms with E-state index < -0.39 is 0 Å². The molecule has 0 aromatic heterocycles. The second-order valence-corrected chi connectivity index (χ2v) is 4.75. The van der Waals surface area contributed by atoms with E-state index in [4.69, 9.17) is 14.2 Å². The summed E-state index contributed by atoms with van der Waals surface area (Å²) in [6.07, 6.45) is 2.08. The van der Waals surface area contributed by atoms with Gasteiger partial charge in [-0.15, -0.1) is 0 Å². The predicted molar refractivity (Wildman–Crippen MR) is 86.3 cm³/mol. The molecular weight excluding hydrogens is 266 g/mol. The maximum atomic E-state index is 5.69. The van der Waals surface area contributed by atoms with Crippen molar-refractivity contribution in [2.24, 2.45) is 0 Å². The second-order valence-electron chi connectivity index (χ2n) is 4.75. The molecule has 0 bridgehead atoms. The zero-order chi connectivity index (χ0) is 15.5. The molecule has 0 heterocycles. The van der Waals surface area contributed by atoms with Crippen LogP contribution in [0.5, 0.6) is 11.5 Å². The molecule has 0 amide bonds. The number of rotatable bonds is 11. The van der Waals surface area contributed by atoms with Crippen LogP contribution in [0.3, 0.4) is 0 Å². The first-order valence-corrected chi connectivity index (χ1v) is 7.91. The SMILES string of the molecule is CCOCCCC(NC)c1ccc(OCC)c(OCC)c1. The molecule has 1 N–H and O–H groups in total. The summed E-state index contributed by atoms with van der Waals surface area (Å²) in [4.78, 5) is 0. The quantitative estimate of drug-likeness (QED) is 0.634. The first-order chi connectivity index (χ1) is 10.3. The first kappa shape index (κ1) is 17.8. The summed E-state index contributed by atoms with van der Waals surface area (Å²) in [7, 11) is 1.99.